The maximum Gasteiger partial charge on any atom is 0.350 e. The van der Waals surface area contributed by atoms with Crippen molar-refractivity contribution in [2.75, 3.05) is 11.5 Å². The second-order valence-corrected chi connectivity index (χ2v) is 8.72. The van der Waals surface area contributed by atoms with Gasteiger partial charge in [0.05, 0.1) is 17.3 Å². The molecule has 1 saturated heterocycles. The van der Waals surface area contributed by atoms with E-state index in [1.807, 2.05) is 25.1 Å². The minimum absolute atomic E-state index is 0.0382. The van der Waals surface area contributed by atoms with Crippen molar-refractivity contribution in [1.82, 2.24) is 4.98 Å². The molecule has 1 aromatic heterocycles. The SMILES string of the molecule is C=CCOC(=O)c1sc(N2C(=O)C(=O)C(=C(O)c3ccc(C)cc3)[C@@H]2c2ccccc2)nc1C. The second-order valence-electron chi connectivity index (χ2n) is 7.74. The first kappa shape index (κ1) is 23.1. The van der Waals surface area contributed by atoms with Crippen molar-refractivity contribution >= 4 is 39.9 Å². The van der Waals surface area contributed by atoms with Crippen molar-refractivity contribution in [2.24, 2.45) is 0 Å². The van der Waals surface area contributed by atoms with E-state index in [1.54, 1.807) is 43.3 Å². The highest BCUT2D eigenvalue weighted by Gasteiger charge is 2.48. The fourth-order valence-corrected chi connectivity index (χ4v) is 4.71. The molecular weight excluding hydrogens is 452 g/mol. The number of hydrogen-bond donors (Lipinski definition) is 1. The van der Waals surface area contributed by atoms with Crippen LogP contribution in [0.1, 0.15) is 38.1 Å². The Kier molecular flexibility index (Phi) is 6.43. The molecule has 0 spiro atoms. The van der Waals surface area contributed by atoms with Crippen LogP contribution in [-0.2, 0) is 14.3 Å². The molecule has 1 aliphatic rings. The van der Waals surface area contributed by atoms with Gasteiger partial charge in [0.15, 0.2) is 5.13 Å². The second kappa shape index (κ2) is 9.44. The summed E-state index contributed by atoms with van der Waals surface area (Å²) in [6, 6.07) is 15.0. The van der Waals surface area contributed by atoms with Gasteiger partial charge in [-0.2, -0.15) is 0 Å². The summed E-state index contributed by atoms with van der Waals surface area (Å²) in [5, 5.41) is 11.3. The molecule has 1 aliphatic heterocycles. The van der Waals surface area contributed by atoms with Crippen LogP contribution in [0.5, 0.6) is 0 Å². The van der Waals surface area contributed by atoms with E-state index in [0.29, 0.717) is 16.8 Å². The van der Waals surface area contributed by atoms with Gasteiger partial charge >= 0.3 is 11.9 Å². The number of amides is 1. The normalized spacial score (nSPS) is 17.1. The molecule has 4 rings (SSSR count). The van der Waals surface area contributed by atoms with Crippen LogP contribution in [0.2, 0.25) is 0 Å². The number of esters is 1. The number of hydrogen-bond acceptors (Lipinski definition) is 7. The summed E-state index contributed by atoms with van der Waals surface area (Å²) in [6.45, 7) is 7.10. The topological polar surface area (TPSA) is 96.8 Å². The van der Waals surface area contributed by atoms with Crippen LogP contribution < -0.4 is 4.90 Å². The average molecular weight is 475 g/mol. The van der Waals surface area contributed by atoms with Gasteiger partial charge < -0.3 is 9.84 Å². The Bertz CT molecular complexity index is 1310. The number of rotatable bonds is 6. The number of aliphatic hydroxyl groups excluding tert-OH is 1. The van der Waals surface area contributed by atoms with E-state index < -0.39 is 23.7 Å². The molecule has 2 heterocycles. The van der Waals surface area contributed by atoms with Crippen LogP contribution in [0.3, 0.4) is 0 Å². The number of ether oxygens (including phenoxy) is 1. The predicted molar refractivity (Wildman–Crippen MR) is 130 cm³/mol. The van der Waals surface area contributed by atoms with Gasteiger partial charge in [-0.1, -0.05) is 84.2 Å². The summed E-state index contributed by atoms with van der Waals surface area (Å²) in [4.78, 5) is 44.7. The molecule has 0 bridgehead atoms. The number of aromatic nitrogens is 1. The summed E-state index contributed by atoms with van der Waals surface area (Å²) in [6.07, 6.45) is 1.45. The van der Waals surface area contributed by atoms with E-state index in [1.165, 1.54) is 11.0 Å². The van der Waals surface area contributed by atoms with Gasteiger partial charge in [-0.3, -0.25) is 14.5 Å². The van der Waals surface area contributed by atoms with E-state index in [-0.39, 0.29) is 27.9 Å². The van der Waals surface area contributed by atoms with Crippen LogP contribution in [0, 0.1) is 13.8 Å². The van der Waals surface area contributed by atoms with Gasteiger partial charge in [-0.15, -0.1) is 0 Å². The molecule has 1 amide bonds. The zero-order chi connectivity index (χ0) is 24.4. The summed E-state index contributed by atoms with van der Waals surface area (Å²) in [5.41, 5.74) is 2.38. The number of aliphatic hydroxyl groups is 1. The van der Waals surface area contributed by atoms with Crippen molar-refractivity contribution in [2.45, 2.75) is 19.9 Å². The minimum Gasteiger partial charge on any atom is -0.507 e. The Hall–Kier alpha value is -4.04. The Morgan fingerprint density at radius 1 is 1.15 bits per heavy atom. The first-order chi connectivity index (χ1) is 16.3. The maximum atomic E-state index is 13.2. The molecular formula is C26H22N2O5S. The highest BCUT2D eigenvalue weighted by molar-refractivity contribution is 7.17. The standard InChI is InChI=1S/C26H22N2O5S/c1-4-14-33-25(32)23-16(3)27-26(34-23)28-20(17-8-6-5-7-9-17)19(22(30)24(28)31)21(29)18-12-10-15(2)11-13-18/h4-13,20,29H,1,14H2,2-3H3/t20-/m0/s1. The number of Topliss-reactive ketones (excluding diaryl/α,β-unsaturated/α-hetero) is 1. The Morgan fingerprint density at radius 2 is 1.82 bits per heavy atom. The third kappa shape index (κ3) is 4.15. The number of nitrogens with zero attached hydrogens (tertiary/aromatic N) is 2. The third-order valence-corrected chi connectivity index (χ3v) is 6.53. The zero-order valence-corrected chi connectivity index (χ0v) is 19.5. The molecule has 1 atom stereocenters. The van der Waals surface area contributed by atoms with Crippen molar-refractivity contribution < 1.29 is 24.2 Å². The molecule has 8 heteroatoms. The lowest BCUT2D eigenvalue weighted by Gasteiger charge is -2.23. The van der Waals surface area contributed by atoms with Crippen LogP contribution in [0.15, 0.2) is 72.8 Å². The lowest BCUT2D eigenvalue weighted by Crippen LogP contribution is -2.29. The summed E-state index contributed by atoms with van der Waals surface area (Å²) < 4.78 is 5.11. The molecule has 0 radical (unpaired) electrons. The largest absolute Gasteiger partial charge is 0.507 e. The number of benzene rings is 2. The Morgan fingerprint density at radius 3 is 2.47 bits per heavy atom. The third-order valence-electron chi connectivity index (χ3n) is 5.39. The van der Waals surface area contributed by atoms with E-state index in [4.69, 9.17) is 4.74 Å². The Labute approximate surface area is 200 Å². The minimum atomic E-state index is -0.912. The van der Waals surface area contributed by atoms with Gasteiger partial charge in [0, 0.05) is 5.56 Å². The average Bonchev–Trinajstić information content (AvgIpc) is 3.35. The monoisotopic (exact) mass is 474 g/mol. The lowest BCUT2D eigenvalue weighted by atomic mass is 9.95. The zero-order valence-electron chi connectivity index (χ0n) is 18.6. The molecule has 172 valence electrons. The fourth-order valence-electron chi connectivity index (χ4n) is 3.72. The molecule has 3 aromatic rings. The number of thiazole rings is 1. The molecule has 0 saturated carbocycles. The Balaban J connectivity index is 1.86. The van der Waals surface area contributed by atoms with E-state index >= 15 is 0 Å². The molecule has 0 unspecified atom stereocenters. The van der Waals surface area contributed by atoms with Gasteiger partial charge in [0.2, 0.25) is 0 Å². The van der Waals surface area contributed by atoms with E-state index in [9.17, 15) is 19.5 Å². The quantitative estimate of drug-likeness (QED) is 0.182. The number of carbonyl (C=O) groups is 3. The first-order valence-corrected chi connectivity index (χ1v) is 11.3. The van der Waals surface area contributed by atoms with Crippen LogP contribution >= 0.6 is 11.3 Å². The van der Waals surface area contributed by atoms with Gasteiger partial charge in [-0.25, -0.2) is 9.78 Å². The number of anilines is 1. The lowest BCUT2D eigenvalue weighted by molar-refractivity contribution is -0.132. The molecule has 7 nitrogen and oxygen atoms in total. The highest BCUT2D eigenvalue weighted by atomic mass is 32.1. The van der Waals surface area contributed by atoms with E-state index in [2.05, 4.69) is 11.6 Å². The van der Waals surface area contributed by atoms with Crippen molar-refractivity contribution in [3.63, 3.8) is 0 Å². The number of ketones is 1. The van der Waals surface area contributed by atoms with Crippen LogP contribution in [-0.4, -0.2) is 34.4 Å². The smallest absolute Gasteiger partial charge is 0.350 e. The predicted octanol–water partition coefficient (Wildman–Crippen LogP) is 4.73. The molecule has 1 N–H and O–H groups in total. The van der Waals surface area contributed by atoms with Crippen LogP contribution in [0.4, 0.5) is 5.13 Å². The van der Waals surface area contributed by atoms with Gasteiger partial charge in [0.1, 0.15) is 17.2 Å². The maximum absolute atomic E-state index is 13.2. The molecule has 34 heavy (non-hydrogen) atoms. The number of carbonyl (C=O) groups excluding carboxylic acids is 3. The van der Waals surface area contributed by atoms with Crippen molar-refractivity contribution in [3.05, 3.63) is 100 Å². The molecule has 1 fully saturated rings. The van der Waals surface area contributed by atoms with E-state index in [0.717, 1.165) is 16.9 Å². The van der Waals surface area contributed by atoms with Crippen molar-refractivity contribution in [1.29, 1.82) is 0 Å². The first-order valence-electron chi connectivity index (χ1n) is 10.5. The van der Waals surface area contributed by atoms with Crippen molar-refractivity contribution in [3.8, 4) is 0 Å². The van der Waals surface area contributed by atoms with Gasteiger partial charge in [-0.05, 0) is 19.4 Å². The highest BCUT2D eigenvalue weighted by Crippen LogP contribution is 2.43. The fraction of sp³-hybridized carbons (Fsp3) is 0.154. The number of aryl methyl sites for hydroxylation is 2. The molecule has 0 aliphatic carbocycles. The molecule has 2 aromatic carbocycles. The van der Waals surface area contributed by atoms with Gasteiger partial charge in [0.25, 0.3) is 5.78 Å². The summed E-state index contributed by atoms with van der Waals surface area (Å²) in [7, 11) is 0. The summed E-state index contributed by atoms with van der Waals surface area (Å²) >= 11 is 0.960. The summed E-state index contributed by atoms with van der Waals surface area (Å²) in [5.74, 6) is -2.51. The van der Waals surface area contributed by atoms with Crippen LogP contribution in [0.25, 0.3) is 5.76 Å².